The first-order chi connectivity index (χ1) is 39.6. The SMILES string of the molecule is [2H]c1c([2H])c([2H])c(-c2cccc(-c3c([2H])c([2H])c([2H])c([2H])c3[2H])c2N2[CH-]N(c3[c-]c(N(c4[c-]c5c(cc4)-c4ccccc4-c4cnccc4N5c4cc(C(C)(C)C)ccn4)c4ccccc4)cc(C(C)(C)C)c3)c3ccccc32)c([2H])c1[2H].[Pt]. The monoisotopic (exact) mass is 1150 g/mol. The fraction of sp³-hybridized carbons (Fsp3) is 0.119. The molecule has 0 bridgehead atoms. The topological polar surface area (TPSA) is 38.7 Å². The number of pyridine rings is 2. The van der Waals surface area contributed by atoms with Gasteiger partial charge in [0.1, 0.15) is 5.82 Å². The number of fused-ring (bicyclic) bond motifs is 6. The molecule has 12 rings (SSSR count). The third kappa shape index (κ3) is 8.77. The molecule has 0 amide bonds. The van der Waals surface area contributed by atoms with E-state index in [0.29, 0.717) is 28.4 Å². The molecule has 0 spiro atoms. The summed E-state index contributed by atoms with van der Waals surface area (Å²) in [7, 11) is 0. The number of rotatable bonds is 8. The molecule has 0 saturated heterocycles. The number of hydrogen-bond acceptors (Lipinski definition) is 6. The van der Waals surface area contributed by atoms with Crippen molar-refractivity contribution in [1.29, 1.82) is 0 Å². The maximum Gasteiger partial charge on any atom is 0.135 e. The minimum Gasteiger partial charge on any atom is -0.493 e. The van der Waals surface area contributed by atoms with Crippen molar-refractivity contribution in [3.8, 4) is 44.5 Å². The number of para-hydroxylation sites is 4. The molecule has 7 heteroatoms. The average molecular weight is 1150 g/mol. The average Bonchev–Trinajstić information content (AvgIpc) is 1.99. The molecule has 2 aliphatic rings. The molecule has 2 aromatic heterocycles. The molecule has 0 atom stereocenters. The van der Waals surface area contributed by atoms with E-state index in [0.717, 1.165) is 56.3 Å². The first-order valence-electron chi connectivity index (χ1n) is 29.2. The molecule has 0 fully saturated rings. The van der Waals surface area contributed by atoms with Gasteiger partial charge in [0, 0.05) is 79.1 Å². The molecule has 0 saturated carbocycles. The molecule has 10 aromatic rings. The van der Waals surface area contributed by atoms with Gasteiger partial charge in [-0.25, -0.2) is 4.98 Å². The van der Waals surface area contributed by atoms with Gasteiger partial charge in [0.15, 0.2) is 0 Å². The van der Waals surface area contributed by atoms with Gasteiger partial charge in [0.2, 0.25) is 0 Å². The second-order valence-electron chi connectivity index (χ2n) is 20.1. The quantitative estimate of drug-likeness (QED) is 0.141. The van der Waals surface area contributed by atoms with E-state index in [9.17, 15) is 5.48 Å². The Morgan fingerprint density at radius 2 is 1.12 bits per heavy atom. The first-order valence-corrected chi connectivity index (χ1v) is 24.2. The van der Waals surface area contributed by atoms with Gasteiger partial charge in [-0.15, -0.1) is 53.8 Å². The van der Waals surface area contributed by atoms with E-state index in [4.69, 9.17) is 13.2 Å². The van der Waals surface area contributed by atoms with Crippen molar-refractivity contribution in [2.45, 2.75) is 52.4 Å². The van der Waals surface area contributed by atoms with Gasteiger partial charge < -0.3 is 19.6 Å². The van der Waals surface area contributed by atoms with Gasteiger partial charge in [-0.2, -0.15) is 6.07 Å². The number of nitrogens with zero attached hydrogens (tertiary/aromatic N) is 6. The first kappa shape index (κ1) is 37.7. The summed E-state index contributed by atoms with van der Waals surface area (Å²) in [5.41, 5.74) is 11.5. The summed E-state index contributed by atoms with van der Waals surface area (Å²) in [6.07, 6.45) is 5.58. The fourth-order valence-corrected chi connectivity index (χ4v) is 9.77. The predicted molar refractivity (Wildman–Crippen MR) is 303 cm³/mol. The number of anilines is 10. The molecule has 0 unspecified atom stereocenters. The van der Waals surface area contributed by atoms with Crippen LogP contribution < -0.4 is 19.6 Å². The Morgan fingerprint density at radius 3 is 1.78 bits per heavy atom. The molecule has 74 heavy (non-hydrogen) atoms. The van der Waals surface area contributed by atoms with Crippen LogP contribution in [-0.2, 0) is 31.9 Å². The van der Waals surface area contributed by atoms with Crippen LogP contribution in [0.3, 0.4) is 0 Å². The Balaban J connectivity index is 0.00000736. The van der Waals surface area contributed by atoms with E-state index in [2.05, 4.69) is 129 Å². The maximum atomic E-state index is 9.22. The van der Waals surface area contributed by atoms with E-state index in [1.54, 1.807) is 29.3 Å². The summed E-state index contributed by atoms with van der Waals surface area (Å²) < 4.78 is 88.9. The summed E-state index contributed by atoms with van der Waals surface area (Å²) in [6, 6.07) is 48.2. The van der Waals surface area contributed by atoms with E-state index in [1.807, 2.05) is 84.6 Å². The summed E-state index contributed by atoms with van der Waals surface area (Å²) in [5, 5.41) is 0. The Morgan fingerprint density at radius 1 is 0.514 bits per heavy atom. The second kappa shape index (κ2) is 19.4. The number of aromatic nitrogens is 2. The van der Waals surface area contributed by atoms with Crippen LogP contribution in [0.4, 0.5) is 57.0 Å². The van der Waals surface area contributed by atoms with Crippen molar-refractivity contribution in [2.24, 2.45) is 0 Å². The van der Waals surface area contributed by atoms with Crippen LogP contribution in [0.2, 0.25) is 0 Å². The van der Waals surface area contributed by atoms with Crippen LogP contribution in [0.1, 0.15) is 66.4 Å². The Kier molecular flexibility index (Phi) is 9.88. The van der Waals surface area contributed by atoms with Gasteiger partial charge in [-0.3, -0.25) is 4.98 Å². The van der Waals surface area contributed by atoms with Crippen molar-refractivity contribution >= 4 is 57.0 Å². The fourth-order valence-electron chi connectivity index (χ4n) is 9.77. The third-order valence-corrected chi connectivity index (χ3v) is 13.4. The molecular weight excluding hydrogens is 1080 g/mol. The summed E-state index contributed by atoms with van der Waals surface area (Å²) in [6.45, 7) is 14.8. The third-order valence-electron chi connectivity index (χ3n) is 13.4. The Labute approximate surface area is 464 Å². The minimum absolute atomic E-state index is 0. The Bertz CT molecular complexity index is 4130. The van der Waals surface area contributed by atoms with Crippen molar-refractivity contribution in [3.05, 3.63) is 248 Å². The second-order valence-corrected chi connectivity index (χ2v) is 20.1. The van der Waals surface area contributed by atoms with E-state index in [1.165, 1.54) is 0 Å². The molecule has 2 aliphatic heterocycles. The zero-order chi connectivity index (χ0) is 58.6. The Hall–Kier alpha value is -8.05. The van der Waals surface area contributed by atoms with Crippen LogP contribution in [0.15, 0.2) is 219 Å². The molecule has 366 valence electrons. The van der Waals surface area contributed by atoms with Gasteiger partial charge >= 0.3 is 0 Å². The minimum atomic E-state index is -0.567. The predicted octanol–water partition coefficient (Wildman–Crippen LogP) is 18.0. The van der Waals surface area contributed by atoms with Crippen LogP contribution in [0, 0.1) is 18.8 Å². The van der Waals surface area contributed by atoms with Crippen LogP contribution >= 0.6 is 0 Å². The van der Waals surface area contributed by atoms with E-state index in [-0.39, 0.29) is 54.4 Å². The summed E-state index contributed by atoms with van der Waals surface area (Å²) in [4.78, 5) is 17.8. The van der Waals surface area contributed by atoms with Crippen LogP contribution in [0.25, 0.3) is 44.5 Å². The van der Waals surface area contributed by atoms with Gasteiger partial charge in [0.25, 0.3) is 0 Å². The normalized spacial score (nSPS) is 14.6. The summed E-state index contributed by atoms with van der Waals surface area (Å²) in [5.74, 6) is 0.720. The molecule has 0 radical (unpaired) electrons. The van der Waals surface area contributed by atoms with Gasteiger partial charge in [-0.05, 0) is 75.5 Å². The molecule has 8 aromatic carbocycles. The zero-order valence-corrected chi connectivity index (χ0v) is 43.9. The zero-order valence-electron chi connectivity index (χ0n) is 51.6. The van der Waals surface area contributed by atoms with Gasteiger partial charge in [-0.1, -0.05) is 197 Å². The van der Waals surface area contributed by atoms with Crippen molar-refractivity contribution < 1.29 is 34.8 Å². The molecule has 0 N–H and O–H groups in total. The van der Waals surface area contributed by atoms with E-state index < -0.39 is 65.8 Å². The van der Waals surface area contributed by atoms with Crippen LogP contribution in [-0.4, -0.2) is 9.97 Å². The number of benzene rings is 8. The van der Waals surface area contributed by atoms with Gasteiger partial charge in [0.05, 0.1) is 19.4 Å². The molecular formula is C67H55N6Pt-3. The number of hydrogen-bond donors (Lipinski definition) is 0. The van der Waals surface area contributed by atoms with Crippen LogP contribution in [0.5, 0.6) is 0 Å². The standard InChI is InChI=1S/C67H55N6.Pt/c1-66(2,3)48-35-38-69-64(41-48)73-60-36-37-68-44-59(60)57-28-17-16-27-56(57)58-34-33-51(43-63(58)73)72(50-25-14-9-15-26-50)53-40-49(67(4,5)6)39-52(42-53)70-45-71(62-32-19-18-31-61(62)70)65-54(46-21-10-7-11-22-46)29-20-30-55(65)47-23-12-8-13-24-47;/h7-41,44-45H,1-6H3;/q-3;/i7D,8D,10D,11D,12D,13D,21D,22D,23D,24D;. The maximum absolute atomic E-state index is 9.22. The largest absolute Gasteiger partial charge is 0.493 e. The molecule has 0 aliphatic carbocycles. The van der Waals surface area contributed by atoms with Crippen molar-refractivity contribution in [2.75, 3.05) is 19.6 Å². The van der Waals surface area contributed by atoms with E-state index >= 15 is 0 Å². The smallest absolute Gasteiger partial charge is 0.135 e. The molecule has 4 heterocycles. The molecule has 6 nitrogen and oxygen atoms in total. The van der Waals surface area contributed by atoms with Crippen molar-refractivity contribution in [1.82, 2.24) is 9.97 Å². The van der Waals surface area contributed by atoms with Crippen molar-refractivity contribution in [3.63, 3.8) is 0 Å². The summed E-state index contributed by atoms with van der Waals surface area (Å²) >= 11 is 0.